The number of anilines is 1. The molecule has 0 radical (unpaired) electrons. The number of sulfonamides is 1. The number of amides is 1. The monoisotopic (exact) mass is 489 g/mol. The second-order valence-corrected chi connectivity index (χ2v) is 8.93. The van der Waals surface area contributed by atoms with Crippen molar-refractivity contribution in [2.24, 2.45) is 0 Å². The number of nitrogens with zero attached hydrogens (tertiary/aromatic N) is 1. The van der Waals surface area contributed by atoms with Crippen molar-refractivity contribution in [2.45, 2.75) is 32.2 Å². The van der Waals surface area contributed by atoms with E-state index in [2.05, 4.69) is 15.2 Å². The van der Waals surface area contributed by atoms with E-state index in [1.54, 1.807) is 26.0 Å². The molecule has 182 valence electrons. The van der Waals surface area contributed by atoms with Crippen LogP contribution in [0.5, 0.6) is 17.2 Å². The van der Waals surface area contributed by atoms with Crippen molar-refractivity contribution in [3.05, 3.63) is 59.0 Å². The molecule has 0 fully saturated rings. The molecule has 0 unspecified atom stereocenters. The summed E-state index contributed by atoms with van der Waals surface area (Å²) in [6.45, 7) is 5.96. The molecule has 0 spiro atoms. The first kappa shape index (κ1) is 24.9. The third kappa shape index (κ3) is 5.42. The molecular weight excluding hydrogens is 462 g/mol. The standard InChI is InChI=1S/C23H27N3O7S/c1-6-32-16-7-9-17(10-8-16)34(28,29)26-20-12-22(31-5)21(30-4)11-18(20)23(27)24-13-19-14(2)25-33-15(19)3/h7-12,26H,6,13H2,1-5H3,(H,24,27). The topological polar surface area (TPSA) is 129 Å². The number of hydrogen-bond donors (Lipinski definition) is 2. The minimum absolute atomic E-state index is 0.00724. The molecule has 3 aromatic rings. The summed E-state index contributed by atoms with van der Waals surface area (Å²) in [6.07, 6.45) is 0. The maximum atomic E-state index is 13.1. The molecule has 11 heteroatoms. The Bertz CT molecular complexity index is 1250. The van der Waals surface area contributed by atoms with Gasteiger partial charge in [0.2, 0.25) is 0 Å². The molecule has 2 aromatic carbocycles. The number of methoxy groups -OCH3 is 2. The Kier molecular flexibility index (Phi) is 7.67. The van der Waals surface area contributed by atoms with E-state index in [4.69, 9.17) is 18.7 Å². The van der Waals surface area contributed by atoms with Crippen LogP contribution in [0.3, 0.4) is 0 Å². The van der Waals surface area contributed by atoms with E-state index in [1.165, 1.54) is 38.5 Å². The highest BCUT2D eigenvalue weighted by Crippen LogP contribution is 2.34. The average molecular weight is 490 g/mol. The van der Waals surface area contributed by atoms with Crippen LogP contribution < -0.4 is 24.2 Å². The highest BCUT2D eigenvalue weighted by Gasteiger charge is 2.23. The van der Waals surface area contributed by atoms with E-state index < -0.39 is 15.9 Å². The van der Waals surface area contributed by atoms with E-state index in [-0.39, 0.29) is 34.2 Å². The first-order valence-electron chi connectivity index (χ1n) is 10.4. The van der Waals surface area contributed by atoms with Gasteiger partial charge in [-0.3, -0.25) is 9.52 Å². The quantitative estimate of drug-likeness (QED) is 0.443. The third-order valence-corrected chi connectivity index (χ3v) is 6.45. The molecular formula is C23H27N3O7S. The summed E-state index contributed by atoms with van der Waals surface area (Å²) in [6, 6.07) is 8.78. The molecule has 1 amide bonds. The Labute approximate surface area is 198 Å². The number of aromatic nitrogens is 1. The Hall–Kier alpha value is -3.73. The van der Waals surface area contributed by atoms with Crippen molar-refractivity contribution in [3.8, 4) is 17.2 Å². The number of carbonyl (C=O) groups excluding carboxylic acids is 1. The Balaban J connectivity index is 1.94. The molecule has 0 saturated carbocycles. The number of rotatable bonds is 10. The fourth-order valence-corrected chi connectivity index (χ4v) is 4.33. The second-order valence-electron chi connectivity index (χ2n) is 7.25. The fraction of sp³-hybridized carbons (Fsp3) is 0.304. The summed E-state index contributed by atoms with van der Waals surface area (Å²) in [5, 5.41) is 6.64. The van der Waals surface area contributed by atoms with E-state index in [1.807, 2.05) is 6.92 Å². The number of nitrogens with one attached hydrogen (secondary N) is 2. The van der Waals surface area contributed by atoms with Crippen LogP contribution in [-0.2, 0) is 16.6 Å². The summed E-state index contributed by atoms with van der Waals surface area (Å²) in [5.74, 6) is 1.14. The molecule has 0 bridgehead atoms. The molecule has 34 heavy (non-hydrogen) atoms. The molecule has 0 saturated heterocycles. The van der Waals surface area contributed by atoms with E-state index in [0.717, 1.165) is 5.56 Å². The van der Waals surface area contributed by atoms with Crippen molar-refractivity contribution in [1.82, 2.24) is 10.5 Å². The molecule has 0 atom stereocenters. The van der Waals surface area contributed by atoms with Crippen molar-refractivity contribution in [2.75, 3.05) is 25.5 Å². The number of hydrogen-bond acceptors (Lipinski definition) is 8. The van der Waals surface area contributed by atoms with Crippen LogP contribution in [0.15, 0.2) is 45.8 Å². The van der Waals surface area contributed by atoms with Crippen LogP contribution in [0.25, 0.3) is 0 Å². The zero-order valence-corrected chi connectivity index (χ0v) is 20.4. The van der Waals surface area contributed by atoms with Gasteiger partial charge in [0, 0.05) is 18.2 Å². The molecule has 10 nitrogen and oxygen atoms in total. The molecule has 3 rings (SSSR count). The Morgan fingerprint density at radius 3 is 2.26 bits per heavy atom. The van der Waals surface area contributed by atoms with Gasteiger partial charge >= 0.3 is 0 Å². The molecule has 0 aliphatic carbocycles. The smallest absolute Gasteiger partial charge is 0.261 e. The lowest BCUT2D eigenvalue weighted by Crippen LogP contribution is -2.25. The van der Waals surface area contributed by atoms with Crippen LogP contribution in [0.1, 0.15) is 34.3 Å². The van der Waals surface area contributed by atoms with Crippen LogP contribution >= 0.6 is 0 Å². The van der Waals surface area contributed by atoms with Crippen molar-refractivity contribution >= 4 is 21.6 Å². The average Bonchev–Trinajstić information content (AvgIpc) is 3.14. The number of ether oxygens (including phenoxy) is 3. The van der Waals surface area contributed by atoms with Gasteiger partial charge in [0.05, 0.1) is 42.7 Å². The number of aryl methyl sites for hydroxylation is 2. The van der Waals surface area contributed by atoms with Crippen LogP contribution in [-0.4, -0.2) is 40.3 Å². The summed E-state index contributed by atoms with van der Waals surface area (Å²) in [5.41, 5.74) is 1.48. The first-order chi connectivity index (χ1) is 16.2. The third-order valence-electron chi connectivity index (χ3n) is 5.06. The van der Waals surface area contributed by atoms with Gasteiger partial charge in [-0.1, -0.05) is 5.16 Å². The summed E-state index contributed by atoms with van der Waals surface area (Å²) < 4.78 is 49.7. The highest BCUT2D eigenvalue weighted by atomic mass is 32.2. The summed E-state index contributed by atoms with van der Waals surface area (Å²) in [7, 11) is -1.18. The van der Waals surface area contributed by atoms with Crippen LogP contribution in [0.4, 0.5) is 5.69 Å². The predicted octanol–water partition coefficient (Wildman–Crippen LogP) is 3.44. The lowest BCUT2D eigenvalue weighted by Gasteiger charge is -2.16. The Morgan fingerprint density at radius 1 is 1.06 bits per heavy atom. The normalized spacial score (nSPS) is 11.1. The van der Waals surface area contributed by atoms with Gasteiger partial charge in [-0.05, 0) is 51.1 Å². The Morgan fingerprint density at radius 2 is 1.71 bits per heavy atom. The lowest BCUT2D eigenvalue weighted by molar-refractivity contribution is 0.0951. The highest BCUT2D eigenvalue weighted by molar-refractivity contribution is 7.92. The minimum atomic E-state index is -4.02. The molecule has 0 aliphatic rings. The van der Waals surface area contributed by atoms with Crippen molar-refractivity contribution < 1.29 is 31.9 Å². The summed E-state index contributed by atoms with van der Waals surface area (Å²) in [4.78, 5) is 13.1. The molecule has 1 aromatic heterocycles. The molecule has 0 aliphatic heterocycles. The van der Waals surface area contributed by atoms with Gasteiger partial charge in [-0.2, -0.15) is 0 Å². The van der Waals surface area contributed by atoms with Gasteiger partial charge in [-0.15, -0.1) is 0 Å². The van der Waals surface area contributed by atoms with Gasteiger partial charge < -0.3 is 24.1 Å². The zero-order valence-electron chi connectivity index (χ0n) is 19.6. The van der Waals surface area contributed by atoms with Crippen molar-refractivity contribution in [3.63, 3.8) is 0 Å². The van der Waals surface area contributed by atoms with E-state index in [0.29, 0.717) is 23.8 Å². The number of carbonyl (C=O) groups is 1. The molecule has 1 heterocycles. The van der Waals surface area contributed by atoms with Crippen LogP contribution in [0, 0.1) is 13.8 Å². The van der Waals surface area contributed by atoms with Gasteiger partial charge in [0.1, 0.15) is 11.5 Å². The van der Waals surface area contributed by atoms with E-state index >= 15 is 0 Å². The first-order valence-corrected chi connectivity index (χ1v) is 11.9. The molecule has 2 N–H and O–H groups in total. The second kappa shape index (κ2) is 10.5. The van der Waals surface area contributed by atoms with Crippen molar-refractivity contribution in [1.29, 1.82) is 0 Å². The SMILES string of the molecule is CCOc1ccc(S(=O)(=O)Nc2cc(OC)c(OC)cc2C(=O)NCc2c(C)noc2C)cc1. The van der Waals surface area contributed by atoms with Gasteiger partial charge in [0.15, 0.2) is 11.5 Å². The minimum Gasteiger partial charge on any atom is -0.494 e. The zero-order chi connectivity index (χ0) is 24.9. The lowest BCUT2D eigenvalue weighted by atomic mass is 10.1. The maximum absolute atomic E-state index is 13.1. The number of benzene rings is 2. The van der Waals surface area contributed by atoms with Gasteiger partial charge in [-0.25, -0.2) is 8.42 Å². The largest absolute Gasteiger partial charge is 0.494 e. The van der Waals surface area contributed by atoms with E-state index in [9.17, 15) is 13.2 Å². The van der Waals surface area contributed by atoms with Crippen LogP contribution in [0.2, 0.25) is 0 Å². The van der Waals surface area contributed by atoms with Gasteiger partial charge in [0.25, 0.3) is 15.9 Å². The predicted molar refractivity (Wildman–Crippen MR) is 125 cm³/mol. The fourth-order valence-electron chi connectivity index (χ4n) is 3.25. The maximum Gasteiger partial charge on any atom is 0.261 e. The summed E-state index contributed by atoms with van der Waals surface area (Å²) >= 11 is 0.